The van der Waals surface area contributed by atoms with Gasteiger partial charge in [-0.05, 0) is 35.9 Å². The van der Waals surface area contributed by atoms with Crippen LogP contribution in [0.15, 0.2) is 48.5 Å². The highest BCUT2D eigenvalue weighted by molar-refractivity contribution is 5.94. The molecule has 1 amide bonds. The molecule has 0 heterocycles. The van der Waals surface area contributed by atoms with Crippen LogP contribution in [-0.2, 0) is 14.3 Å². The van der Waals surface area contributed by atoms with Crippen molar-refractivity contribution in [1.29, 1.82) is 0 Å². The molecule has 0 bridgehead atoms. The molecule has 130 valence electrons. The van der Waals surface area contributed by atoms with E-state index in [1.807, 2.05) is 0 Å². The fraction of sp³-hybridized carbons (Fsp3) is 0.111. The van der Waals surface area contributed by atoms with Gasteiger partial charge in [0.05, 0.1) is 12.8 Å². The molecular formula is C18H15F2NO4. The zero-order valence-corrected chi connectivity index (χ0v) is 13.3. The first-order valence-corrected chi connectivity index (χ1v) is 7.22. The van der Waals surface area contributed by atoms with Crippen molar-refractivity contribution in [3.8, 4) is 5.75 Å². The number of methoxy groups -OCH3 is 1. The average Bonchev–Trinajstić information content (AvgIpc) is 2.61. The molecule has 0 aliphatic heterocycles. The minimum atomic E-state index is -0.793. The second-order valence-corrected chi connectivity index (χ2v) is 4.89. The summed E-state index contributed by atoms with van der Waals surface area (Å²) in [6, 6.07) is 9.62. The topological polar surface area (TPSA) is 64.6 Å². The number of halogens is 2. The fourth-order valence-electron chi connectivity index (χ4n) is 1.87. The van der Waals surface area contributed by atoms with Gasteiger partial charge < -0.3 is 14.8 Å². The predicted molar refractivity (Wildman–Crippen MR) is 88.0 cm³/mol. The summed E-state index contributed by atoms with van der Waals surface area (Å²) in [6.45, 7) is -0.628. The molecule has 0 fully saturated rings. The van der Waals surface area contributed by atoms with Gasteiger partial charge in [0, 0.05) is 12.1 Å². The standard InChI is InChI=1S/C18H15F2NO4/c1-24-14-4-2-3-12(9-14)5-8-18(23)25-11-17(22)21-16-10-13(19)6-7-15(16)20/h2-10H,11H2,1H3,(H,21,22)/b8-5+. The first-order chi connectivity index (χ1) is 12.0. The van der Waals surface area contributed by atoms with Crippen molar-refractivity contribution in [3.05, 3.63) is 65.7 Å². The molecule has 2 aromatic carbocycles. The molecule has 25 heavy (non-hydrogen) atoms. The molecule has 0 spiro atoms. The van der Waals surface area contributed by atoms with E-state index in [4.69, 9.17) is 9.47 Å². The van der Waals surface area contributed by atoms with Crippen LogP contribution in [0, 0.1) is 11.6 Å². The zero-order chi connectivity index (χ0) is 18.2. The van der Waals surface area contributed by atoms with Gasteiger partial charge in [-0.2, -0.15) is 0 Å². The van der Waals surface area contributed by atoms with E-state index in [0.29, 0.717) is 11.3 Å². The number of hydrogen-bond acceptors (Lipinski definition) is 4. The highest BCUT2D eigenvalue weighted by Crippen LogP contribution is 2.15. The van der Waals surface area contributed by atoms with Crippen molar-refractivity contribution in [3.63, 3.8) is 0 Å². The van der Waals surface area contributed by atoms with E-state index < -0.39 is 30.1 Å². The van der Waals surface area contributed by atoms with Gasteiger partial charge in [-0.15, -0.1) is 0 Å². The lowest BCUT2D eigenvalue weighted by Crippen LogP contribution is -2.20. The smallest absolute Gasteiger partial charge is 0.331 e. The molecule has 0 aliphatic carbocycles. The van der Waals surface area contributed by atoms with Gasteiger partial charge in [0.15, 0.2) is 6.61 Å². The van der Waals surface area contributed by atoms with Crippen molar-refractivity contribution in [2.45, 2.75) is 0 Å². The maximum atomic E-state index is 13.4. The van der Waals surface area contributed by atoms with Gasteiger partial charge >= 0.3 is 5.97 Å². The average molecular weight is 347 g/mol. The normalized spacial score (nSPS) is 10.5. The Kier molecular flexibility index (Phi) is 6.22. The van der Waals surface area contributed by atoms with E-state index in [0.717, 1.165) is 24.3 Å². The van der Waals surface area contributed by atoms with Crippen molar-refractivity contribution >= 4 is 23.6 Å². The maximum Gasteiger partial charge on any atom is 0.331 e. The minimum Gasteiger partial charge on any atom is -0.497 e. The Morgan fingerprint density at radius 1 is 1.16 bits per heavy atom. The van der Waals surface area contributed by atoms with E-state index in [1.54, 1.807) is 24.3 Å². The summed E-state index contributed by atoms with van der Waals surface area (Å²) in [5.74, 6) is -2.40. The first-order valence-electron chi connectivity index (χ1n) is 7.22. The second-order valence-electron chi connectivity index (χ2n) is 4.89. The van der Waals surface area contributed by atoms with E-state index in [9.17, 15) is 18.4 Å². The van der Waals surface area contributed by atoms with E-state index in [-0.39, 0.29) is 5.69 Å². The molecule has 7 heteroatoms. The number of amides is 1. The van der Waals surface area contributed by atoms with E-state index in [1.165, 1.54) is 13.2 Å². The van der Waals surface area contributed by atoms with Crippen molar-refractivity contribution in [2.24, 2.45) is 0 Å². The van der Waals surface area contributed by atoms with E-state index in [2.05, 4.69) is 5.32 Å². The van der Waals surface area contributed by atoms with Gasteiger partial charge in [0.25, 0.3) is 5.91 Å². The van der Waals surface area contributed by atoms with E-state index >= 15 is 0 Å². The molecule has 2 aromatic rings. The highest BCUT2D eigenvalue weighted by atomic mass is 19.1. The summed E-state index contributed by atoms with van der Waals surface area (Å²) in [5.41, 5.74) is 0.385. The number of carbonyl (C=O) groups is 2. The summed E-state index contributed by atoms with van der Waals surface area (Å²) >= 11 is 0. The number of carbonyl (C=O) groups excluding carboxylic acids is 2. The summed E-state index contributed by atoms with van der Waals surface area (Å²) < 4.78 is 36.2. The van der Waals surface area contributed by atoms with Crippen LogP contribution in [0.5, 0.6) is 5.75 Å². The number of anilines is 1. The lowest BCUT2D eigenvalue weighted by molar-refractivity contribution is -0.142. The first kappa shape index (κ1) is 18.1. The molecule has 0 radical (unpaired) electrons. The lowest BCUT2D eigenvalue weighted by Gasteiger charge is -2.06. The maximum absolute atomic E-state index is 13.4. The van der Waals surface area contributed by atoms with Crippen LogP contribution in [0.3, 0.4) is 0 Å². The number of esters is 1. The summed E-state index contributed by atoms with van der Waals surface area (Å²) in [7, 11) is 1.52. The molecule has 2 rings (SSSR count). The Balaban J connectivity index is 1.85. The van der Waals surface area contributed by atoms with Crippen LogP contribution in [0.1, 0.15) is 5.56 Å². The second kappa shape index (κ2) is 8.58. The van der Waals surface area contributed by atoms with Crippen LogP contribution in [-0.4, -0.2) is 25.6 Å². The van der Waals surface area contributed by atoms with Gasteiger partial charge in [-0.1, -0.05) is 12.1 Å². The summed E-state index contributed by atoms with van der Waals surface area (Å²) in [5, 5.41) is 2.12. The Labute approximate surface area is 142 Å². The molecule has 0 saturated carbocycles. The van der Waals surface area contributed by atoms with Gasteiger partial charge in [0.1, 0.15) is 17.4 Å². The van der Waals surface area contributed by atoms with Gasteiger partial charge in [-0.25, -0.2) is 13.6 Å². The van der Waals surface area contributed by atoms with Crippen LogP contribution >= 0.6 is 0 Å². The molecular weight excluding hydrogens is 332 g/mol. The molecule has 0 saturated heterocycles. The quantitative estimate of drug-likeness (QED) is 0.644. The van der Waals surface area contributed by atoms with Crippen molar-refractivity contribution < 1.29 is 27.8 Å². The van der Waals surface area contributed by atoms with Crippen LogP contribution in [0.25, 0.3) is 6.08 Å². The minimum absolute atomic E-state index is 0.326. The Hall–Kier alpha value is -3.22. The third-order valence-corrected chi connectivity index (χ3v) is 3.05. The highest BCUT2D eigenvalue weighted by Gasteiger charge is 2.10. The Bertz CT molecular complexity index is 805. The molecule has 0 aliphatic rings. The number of benzene rings is 2. The monoisotopic (exact) mass is 347 g/mol. The molecule has 1 N–H and O–H groups in total. The predicted octanol–water partition coefficient (Wildman–Crippen LogP) is 3.17. The Morgan fingerprint density at radius 2 is 1.96 bits per heavy atom. The Morgan fingerprint density at radius 3 is 2.72 bits per heavy atom. The number of hydrogen-bond donors (Lipinski definition) is 1. The molecule has 5 nitrogen and oxygen atoms in total. The molecule has 0 aromatic heterocycles. The van der Waals surface area contributed by atoms with Crippen molar-refractivity contribution in [1.82, 2.24) is 0 Å². The van der Waals surface area contributed by atoms with Crippen LogP contribution in [0.4, 0.5) is 14.5 Å². The third-order valence-electron chi connectivity index (χ3n) is 3.05. The zero-order valence-electron chi connectivity index (χ0n) is 13.3. The third kappa shape index (κ3) is 5.72. The van der Waals surface area contributed by atoms with Gasteiger partial charge in [0.2, 0.25) is 0 Å². The molecule has 0 unspecified atom stereocenters. The SMILES string of the molecule is COc1cccc(/C=C/C(=O)OCC(=O)Nc2cc(F)ccc2F)c1. The lowest BCUT2D eigenvalue weighted by atomic mass is 10.2. The van der Waals surface area contributed by atoms with Crippen molar-refractivity contribution in [2.75, 3.05) is 19.0 Å². The largest absolute Gasteiger partial charge is 0.497 e. The van der Waals surface area contributed by atoms with Crippen LogP contribution < -0.4 is 10.1 Å². The number of ether oxygens (including phenoxy) is 2. The summed E-state index contributed by atoms with van der Waals surface area (Å²) in [6.07, 6.45) is 2.64. The fourth-order valence-corrected chi connectivity index (χ4v) is 1.87. The van der Waals surface area contributed by atoms with Gasteiger partial charge in [-0.3, -0.25) is 4.79 Å². The number of rotatable bonds is 6. The number of nitrogens with one attached hydrogen (secondary N) is 1. The molecule has 0 atom stereocenters. The van der Waals surface area contributed by atoms with Crippen LogP contribution in [0.2, 0.25) is 0 Å². The summed E-state index contributed by atoms with van der Waals surface area (Å²) in [4.78, 5) is 23.2.